The number of nitrogens with one attached hydrogen (secondary N) is 3. The molecule has 2 heterocycles. The molecule has 2 aliphatic heterocycles. The molecule has 0 radical (unpaired) electrons. The lowest BCUT2D eigenvalue weighted by atomic mass is 10.1. The average Bonchev–Trinajstić information content (AvgIpc) is 3.22. The minimum absolute atomic E-state index is 0.240. The number of hydrogen-bond acceptors (Lipinski definition) is 5. The molecule has 7 heteroatoms. The number of fused-ring (bicyclic) bond motifs is 2. The highest BCUT2D eigenvalue weighted by atomic mass is 16.5. The first-order chi connectivity index (χ1) is 12.6. The van der Waals surface area contributed by atoms with Crippen molar-refractivity contribution in [2.24, 2.45) is 0 Å². The summed E-state index contributed by atoms with van der Waals surface area (Å²) in [5.74, 6) is 0.314. The van der Waals surface area contributed by atoms with Gasteiger partial charge in [-0.15, -0.1) is 0 Å². The third-order valence-electron chi connectivity index (χ3n) is 4.52. The number of hydrogen-bond donors (Lipinski definition) is 3. The van der Waals surface area contributed by atoms with E-state index in [-0.39, 0.29) is 12.0 Å². The Morgan fingerprint density at radius 3 is 2.81 bits per heavy atom. The molecule has 0 fully saturated rings. The zero-order chi connectivity index (χ0) is 18.3. The van der Waals surface area contributed by atoms with Gasteiger partial charge in [0.15, 0.2) is 0 Å². The van der Waals surface area contributed by atoms with Crippen LogP contribution in [0.4, 0.5) is 27.5 Å². The van der Waals surface area contributed by atoms with Gasteiger partial charge in [0.05, 0.1) is 24.0 Å². The maximum absolute atomic E-state index is 12.7. The maximum Gasteiger partial charge on any atom is 0.338 e. The van der Waals surface area contributed by atoms with Crippen molar-refractivity contribution >= 4 is 34.7 Å². The second kappa shape index (κ2) is 6.11. The molecule has 0 aliphatic carbocycles. The van der Waals surface area contributed by atoms with E-state index in [1.54, 1.807) is 17.0 Å². The molecular formula is C19H18N4O3. The molecule has 3 N–H and O–H groups in total. The largest absolute Gasteiger partial charge is 0.465 e. The summed E-state index contributed by atoms with van der Waals surface area (Å²) in [6.45, 7) is 4.33. The Balaban J connectivity index is 1.56. The maximum atomic E-state index is 12.7. The van der Waals surface area contributed by atoms with Gasteiger partial charge in [0.2, 0.25) is 0 Å². The molecular weight excluding hydrogens is 332 g/mol. The predicted octanol–water partition coefficient (Wildman–Crippen LogP) is 3.38. The van der Waals surface area contributed by atoms with E-state index in [4.69, 9.17) is 4.74 Å². The number of nitrogens with zero attached hydrogens (tertiary/aromatic N) is 1. The van der Waals surface area contributed by atoms with Gasteiger partial charge in [-0.2, -0.15) is 0 Å². The van der Waals surface area contributed by atoms with Crippen molar-refractivity contribution in [3.63, 3.8) is 0 Å². The van der Waals surface area contributed by atoms with Crippen LogP contribution in [0.1, 0.15) is 15.9 Å². The highest BCUT2D eigenvalue weighted by Crippen LogP contribution is 2.34. The van der Waals surface area contributed by atoms with Crippen LogP contribution in [-0.2, 0) is 11.2 Å². The van der Waals surface area contributed by atoms with E-state index in [1.165, 1.54) is 7.11 Å². The molecule has 0 saturated heterocycles. The number of anilines is 4. The lowest BCUT2D eigenvalue weighted by Crippen LogP contribution is -2.33. The van der Waals surface area contributed by atoms with E-state index >= 15 is 0 Å². The average molecular weight is 350 g/mol. The van der Waals surface area contributed by atoms with Crippen LogP contribution in [0.25, 0.3) is 0 Å². The number of rotatable bonds is 2. The summed E-state index contributed by atoms with van der Waals surface area (Å²) in [6.07, 6.45) is 0.615. The first-order valence-corrected chi connectivity index (χ1v) is 8.22. The van der Waals surface area contributed by atoms with Gasteiger partial charge in [-0.25, -0.2) is 9.59 Å². The summed E-state index contributed by atoms with van der Waals surface area (Å²) in [4.78, 5) is 26.3. The topological polar surface area (TPSA) is 82.7 Å². The van der Waals surface area contributed by atoms with Crippen molar-refractivity contribution in [1.82, 2.24) is 0 Å². The third kappa shape index (κ3) is 2.63. The zero-order valence-electron chi connectivity index (χ0n) is 14.3. The fraction of sp³-hybridized carbons (Fsp3) is 0.158. The molecule has 0 atom stereocenters. The van der Waals surface area contributed by atoms with Gasteiger partial charge < -0.3 is 20.7 Å². The molecule has 4 rings (SSSR count). The Bertz CT molecular complexity index is 938. The van der Waals surface area contributed by atoms with Crippen molar-refractivity contribution in [1.29, 1.82) is 0 Å². The lowest BCUT2D eigenvalue weighted by molar-refractivity contribution is 0.0599. The van der Waals surface area contributed by atoms with Crippen LogP contribution in [0.15, 0.2) is 48.8 Å². The standard InChI is InChI=1S/C19H18N4O3/c1-11-20-15-7-6-12(10-16(15)21-11)22-19(25)23-9-8-13-14(18(24)26-2)4-3-5-17(13)23/h3-7,10,20-21H,1,8-9H2,2H3,(H,22,25). The number of benzene rings is 2. The van der Waals surface area contributed by atoms with Crippen LogP contribution in [0, 0.1) is 0 Å². The van der Waals surface area contributed by atoms with Crippen LogP contribution >= 0.6 is 0 Å². The molecule has 26 heavy (non-hydrogen) atoms. The monoisotopic (exact) mass is 350 g/mol. The van der Waals surface area contributed by atoms with Crippen molar-refractivity contribution in [3.8, 4) is 0 Å². The number of carbonyl (C=O) groups excluding carboxylic acids is 2. The molecule has 2 amide bonds. The van der Waals surface area contributed by atoms with Gasteiger partial charge in [0.1, 0.15) is 5.82 Å². The van der Waals surface area contributed by atoms with Gasteiger partial charge in [-0.1, -0.05) is 12.6 Å². The number of carbonyl (C=O) groups is 2. The predicted molar refractivity (Wildman–Crippen MR) is 101 cm³/mol. The van der Waals surface area contributed by atoms with Crippen LogP contribution < -0.4 is 20.9 Å². The molecule has 0 saturated carbocycles. The van der Waals surface area contributed by atoms with E-state index < -0.39 is 0 Å². The molecule has 2 aromatic carbocycles. The lowest BCUT2D eigenvalue weighted by Gasteiger charge is -2.18. The Morgan fingerprint density at radius 2 is 2.00 bits per heavy atom. The molecule has 0 spiro atoms. The minimum atomic E-state index is -0.387. The van der Waals surface area contributed by atoms with Gasteiger partial charge >= 0.3 is 12.0 Å². The van der Waals surface area contributed by atoms with Gasteiger partial charge in [-0.05, 0) is 42.3 Å². The molecule has 0 aromatic heterocycles. The second-order valence-corrected chi connectivity index (χ2v) is 6.12. The number of amides is 2. The minimum Gasteiger partial charge on any atom is -0.465 e. The van der Waals surface area contributed by atoms with Crippen molar-refractivity contribution in [2.45, 2.75) is 6.42 Å². The Morgan fingerprint density at radius 1 is 1.19 bits per heavy atom. The highest BCUT2D eigenvalue weighted by Gasteiger charge is 2.28. The van der Waals surface area contributed by atoms with Crippen molar-refractivity contribution in [3.05, 3.63) is 59.9 Å². The third-order valence-corrected chi connectivity index (χ3v) is 4.52. The Hall–Kier alpha value is -3.48. The number of urea groups is 1. The number of ether oxygens (including phenoxy) is 1. The zero-order valence-corrected chi connectivity index (χ0v) is 14.3. The summed E-state index contributed by atoms with van der Waals surface area (Å²) in [6, 6.07) is 10.6. The van der Waals surface area contributed by atoms with E-state index in [2.05, 4.69) is 22.5 Å². The molecule has 0 bridgehead atoms. The number of methoxy groups -OCH3 is 1. The quantitative estimate of drug-likeness (QED) is 0.723. The van der Waals surface area contributed by atoms with E-state index in [0.717, 1.165) is 22.6 Å². The summed E-state index contributed by atoms with van der Waals surface area (Å²) in [7, 11) is 1.35. The second-order valence-electron chi connectivity index (χ2n) is 6.12. The highest BCUT2D eigenvalue weighted by molar-refractivity contribution is 6.05. The summed E-state index contributed by atoms with van der Waals surface area (Å²) < 4.78 is 4.83. The van der Waals surface area contributed by atoms with Crippen molar-refractivity contribution in [2.75, 3.05) is 34.5 Å². The van der Waals surface area contributed by atoms with Gasteiger partial charge in [0, 0.05) is 17.9 Å². The molecule has 132 valence electrons. The molecule has 0 unspecified atom stereocenters. The van der Waals surface area contributed by atoms with E-state index in [0.29, 0.717) is 30.0 Å². The summed E-state index contributed by atoms with van der Waals surface area (Å²) in [5.41, 5.74) is 4.54. The normalized spacial score (nSPS) is 14.2. The van der Waals surface area contributed by atoms with Crippen LogP contribution in [-0.4, -0.2) is 25.7 Å². The van der Waals surface area contributed by atoms with Crippen LogP contribution in [0.5, 0.6) is 0 Å². The fourth-order valence-corrected chi connectivity index (χ4v) is 3.33. The summed E-state index contributed by atoms with van der Waals surface area (Å²) >= 11 is 0. The molecule has 2 aromatic rings. The smallest absolute Gasteiger partial charge is 0.338 e. The van der Waals surface area contributed by atoms with Crippen LogP contribution in [0.2, 0.25) is 0 Å². The first-order valence-electron chi connectivity index (χ1n) is 8.22. The first kappa shape index (κ1) is 16.0. The van der Waals surface area contributed by atoms with E-state index in [1.807, 2.05) is 24.3 Å². The SMILES string of the molecule is C=C1Nc2ccc(NC(=O)N3CCc4c(C(=O)OC)cccc43)cc2N1. The molecule has 2 aliphatic rings. The summed E-state index contributed by atoms with van der Waals surface area (Å²) in [5, 5.41) is 9.10. The Labute approximate surface area is 150 Å². The number of esters is 1. The van der Waals surface area contributed by atoms with Gasteiger partial charge in [-0.3, -0.25) is 4.90 Å². The fourth-order valence-electron chi connectivity index (χ4n) is 3.33. The van der Waals surface area contributed by atoms with Crippen LogP contribution in [0.3, 0.4) is 0 Å². The van der Waals surface area contributed by atoms with Gasteiger partial charge in [0.25, 0.3) is 0 Å². The van der Waals surface area contributed by atoms with E-state index in [9.17, 15) is 9.59 Å². The van der Waals surface area contributed by atoms with Crippen molar-refractivity contribution < 1.29 is 14.3 Å². The Kier molecular flexibility index (Phi) is 3.76. The molecule has 7 nitrogen and oxygen atoms in total.